The van der Waals surface area contributed by atoms with Gasteiger partial charge in [0.05, 0.1) is 11.1 Å². The van der Waals surface area contributed by atoms with Gasteiger partial charge in [-0.2, -0.15) is 0 Å². The van der Waals surface area contributed by atoms with Gasteiger partial charge in [0.1, 0.15) is 6.04 Å². The Morgan fingerprint density at radius 2 is 1.52 bits per heavy atom. The first-order chi connectivity index (χ1) is 13.7. The second-order valence-electron chi connectivity index (χ2n) is 7.13. The molecule has 0 aromatic heterocycles. The highest BCUT2D eigenvalue weighted by atomic mass is 16.5. The van der Waals surface area contributed by atoms with Gasteiger partial charge >= 0.3 is 5.97 Å². The van der Waals surface area contributed by atoms with Crippen molar-refractivity contribution in [3.05, 3.63) is 64.2 Å². The van der Waals surface area contributed by atoms with Crippen LogP contribution in [0.15, 0.2) is 36.4 Å². The van der Waals surface area contributed by atoms with E-state index in [0.29, 0.717) is 5.69 Å². The summed E-state index contributed by atoms with van der Waals surface area (Å²) in [6.45, 7) is 6.61. The Morgan fingerprint density at radius 1 is 1.00 bits per heavy atom. The number of nitrogens with zero attached hydrogens (tertiary/aromatic N) is 1. The molecule has 2 aromatic rings. The molecule has 29 heavy (non-hydrogen) atoms. The van der Waals surface area contributed by atoms with Gasteiger partial charge in [0.2, 0.25) is 0 Å². The predicted octanol–water partition coefficient (Wildman–Crippen LogP) is 2.78. The third-order valence-electron chi connectivity index (χ3n) is 4.84. The molecule has 0 spiro atoms. The smallest absolute Gasteiger partial charge is 0.329 e. The summed E-state index contributed by atoms with van der Waals surface area (Å²) in [5.41, 5.74) is 4.06. The molecule has 3 amide bonds. The van der Waals surface area contributed by atoms with Gasteiger partial charge in [-0.25, -0.2) is 4.79 Å². The lowest BCUT2D eigenvalue weighted by Crippen LogP contribution is -2.44. The van der Waals surface area contributed by atoms with Crippen LogP contribution in [0.25, 0.3) is 0 Å². The molecule has 0 saturated carbocycles. The van der Waals surface area contributed by atoms with Crippen molar-refractivity contribution in [2.75, 3.05) is 11.9 Å². The second kappa shape index (κ2) is 7.87. The van der Waals surface area contributed by atoms with Gasteiger partial charge in [-0.1, -0.05) is 29.8 Å². The van der Waals surface area contributed by atoms with E-state index in [1.54, 1.807) is 12.1 Å². The van der Waals surface area contributed by atoms with Gasteiger partial charge < -0.3 is 10.1 Å². The van der Waals surface area contributed by atoms with Gasteiger partial charge in [0.25, 0.3) is 17.7 Å². The van der Waals surface area contributed by atoms with E-state index in [2.05, 4.69) is 5.32 Å². The van der Waals surface area contributed by atoms with Crippen LogP contribution in [0.5, 0.6) is 0 Å². The van der Waals surface area contributed by atoms with Crippen LogP contribution in [0.4, 0.5) is 5.69 Å². The number of amides is 3. The number of carbonyl (C=O) groups is 4. The summed E-state index contributed by atoms with van der Waals surface area (Å²) in [4.78, 5) is 50.3. The van der Waals surface area contributed by atoms with E-state index in [0.717, 1.165) is 21.6 Å². The molecule has 0 unspecified atom stereocenters. The Balaban J connectivity index is 1.62. The maximum Gasteiger partial charge on any atom is 0.329 e. The number of anilines is 1. The summed E-state index contributed by atoms with van der Waals surface area (Å²) < 4.78 is 5.05. The Kier molecular flexibility index (Phi) is 5.50. The number of carbonyl (C=O) groups excluding carboxylic acids is 4. The number of nitrogens with one attached hydrogen (secondary N) is 1. The molecule has 0 radical (unpaired) electrons. The van der Waals surface area contributed by atoms with Crippen molar-refractivity contribution in [1.29, 1.82) is 0 Å². The molecule has 7 heteroatoms. The minimum atomic E-state index is -1.14. The summed E-state index contributed by atoms with van der Waals surface area (Å²) in [6.07, 6.45) is 0. The van der Waals surface area contributed by atoms with Gasteiger partial charge in [0.15, 0.2) is 6.61 Å². The fourth-order valence-corrected chi connectivity index (χ4v) is 3.48. The number of hydrogen-bond donors (Lipinski definition) is 1. The van der Waals surface area contributed by atoms with E-state index < -0.39 is 36.3 Å². The predicted molar refractivity (Wildman–Crippen MR) is 107 cm³/mol. The minimum absolute atomic E-state index is 0.250. The zero-order valence-corrected chi connectivity index (χ0v) is 16.7. The Morgan fingerprint density at radius 3 is 2.03 bits per heavy atom. The van der Waals surface area contributed by atoms with E-state index in [4.69, 9.17) is 4.74 Å². The van der Waals surface area contributed by atoms with Crippen LogP contribution in [0.3, 0.4) is 0 Å². The van der Waals surface area contributed by atoms with Crippen molar-refractivity contribution >= 4 is 29.4 Å². The van der Waals surface area contributed by atoms with E-state index in [9.17, 15) is 19.2 Å². The van der Waals surface area contributed by atoms with E-state index >= 15 is 0 Å². The zero-order valence-electron chi connectivity index (χ0n) is 16.7. The third kappa shape index (κ3) is 3.89. The van der Waals surface area contributed by atoms with Crippen LogP contribution in [-0.2, 0) is 14.3 Å². The van der Waals surface area contributed by atoms with Crippen molar-refractivity contribution in [3.63, 3.8) is 0 Å². The molecule has 2 aromatic carbocycles. The molecule has 0 fully saturated rings. The molecule has 0 saturated heterocycles. The molecular weight excluding hydrogens is 372 g/mol. The average Bonchev–Trinajstić information content (AvgIpc) is 2.93. The molecule has 1 heterocycles. The van der Waals surface area contributed by atoms with Gasteiger partial charge in [-0.05, 0) is 51.0 Å². The molecule has 0 bridgehead atoms. The number of fused-ring (bicyclic) bond motifs is 1. The van der Waals surface area contributed by atoms with Crippen LogP contribution in [0.1, 0.15) is 44.3 Å². The number of imide groups is 1. The first-order valence-corrected chi connectivity index (χ1v) is 9.22. The van der Waals surface area contributed by atoms with Gasteiger partial charge in [-0.3, -0.25) is 19.3 Å². The largest absolute Gasteiger partial charge is 0.454 e. The quantitative estimate of drug-likeness (QED) is 0.622. The van der Waals surface area contributed by atoms with Crippen LogP contribution in [0.2, 0.25) is 0 Å². The van der Waals surface area contributed by atoms with Crippen molar-refractivity contribution in [3.8, 4) is 0 Å². The SMILES string of the molecule is Cc1cc(C)c(NC(=O)COC(=O)[C@H](C)N2C(=O)c3ccccc3C2=O)c(C)c1. The molecule has 1 N–H and O–H groups in total. The van der Waals surface area contributed by atoms with Gasteiger partial charge in [0, 0.05) is 5.69 Å². The molecule has 1 aliphatic rings. The molecule has 7 nitrogen and oxygen atoms in total. The zero-order chi connectivity index (χ0) is 21.3. The minimum Gasteiger partial charge on any atom is -0.454 e. The maximum absolute atomic E-state index is 12.5. The summed E-state index contributed by atoms with van der Waals surface area (Å²) in [7, 11) is 0. The fraction of sp³-hybridized carbons (Fsp3) is 0.273. The summed E-state index contributed by atoms with van der Waals surface area (Å²) >= 11 is 0. The van der Waals surface area contributed by atoms with E-state index in [1.165, 1.54) is 19.1 Å². The standard InChI is InChI=1S/C22H22N2O5/c1-12-9-13(2)19(14(3)10-12)23-18(25)11-29-22(28)15(4)24-20(26)16-7-5-6-8-17(16)21(24)27/h5-10,15H,11H2,1-4H3,(H,23,25)/t15-/m0/s1. The lowest BCUT2D eigenvalue weighted by molar-refractivity contribution is -0.150. The average molecular weight is 394 g/mol. The molecule has 0 aliphatic carbocycles. The highest BCUT2D eigenvalue weighted by Gasteiger charge is 2.41. The Bertz CT molecular complexity index is 970. The number of benzene rings is 2. The summed E-state index contributed by atoms with van der Waals surface area (Å²) in [6, 6.07) is 9.11. The van der Waals surface area contributed by atoms with Crippen molar-refractivity contribution in [2.24, 2.45) is 0 Å². The topological polar surface area (TPSA) is 92.8 Å². The van der Waals surface area contributed by atoms with Crippen molar-refractivity contribution in [2.45, 2.75) is 33.7 Å². The highest BCUT2D eigenvalue weighted by molar-refractivity contribution is 6.22. The number of hydrogen-bond acceptors (Lipinski definition) is 5. The maximum atomic E-state index is 12.5. The Hall–Kier alpha value is -3.48. The fourth-order valence-electron chi connectivity index (χ4n) is 3.48. The van der Waals surface area contributed by atoms with Crippen LogP contribution in [-0.4, -0.2) is 41.2 Å². The number of ether oxygens (including phenoxy) is 1. The monoisotopic (exact) mass is 394 g/mol. The van der Waals surface area contributed by atoms with Gasteiger partial charge in [-0.15, -0.1) is 0 Å². The van der Waals surface area contributed by atoms with Crippen LogP contribution >= 0.6 is 0 Å². The summed E-state index contributed by atoms with van der Waals surface area (Å²) in [5.74, 6) is -2.43. The molecule has 1 atom stereocenters. The molecule has 150 valence electrons. The molecular formula is C22H22N2O5. The number of rotatable bonds is 5. The van der Waals surface area contributed by atoms with E-state index in [1.807, 2.05) is 32.9 Å². The van der Waals surface area contributed by atoms with E-state index in [-0.39, 0.29) is 11.1 Å². The molecule has 3 rings (SSSR count). The lowest BCUT2D eigenvalue weighted by Gasteiger charge is -2.21. The summed E-state index contributed by atoms with van der Waals surface area (Å²) in [5, 5.41) is 2.74. The van der Waals surface area contributed by atoms with Crippen molar-refractivity contribution < 1.29 is 23.9 Å². The lowest BCUT2D eigenvalue weighted by atomic mass is 10.1. The second-order valence-corrected chi connectivity index (χ2v) is 7.13. The van der Waals surface area contributed by atoms with Crippen LogP contribution in [0, 0.1) is 20.8 Å². The molecule has 1 aliphatic heterocycles. The first-order valence-electron chi connectivity index (χ1n) is 9.22. The Labute approximate surface area is 168 Å². The third-order valence-corrected chi connectivity index (χ3v) is 4.84. The number of aryl methyl sites for hydroxylation is 3. The normalized spacial score (nSPS) is 13.9. The number of esters is 1. The van der Waals surface area contributed by atoms with Crippen molar-refractivity contribution in [1.82, 2.24) is 4.90 Å². The highest BCUT2D eigenvalue weighted by Crippen LogP contribution is 2.25. The van der Waals surface area contributed by atoms with Crippen LogP contribution < -0.4 is 5.32 Å². The first kappa shape index (κ1) is 20.3.